The number of carbonyl (C=O) groups is 2. The zero-order valence-electron chi connectivity index (χ0n) is 42.6. The van der Waals surface area contributed by atoms with Crippen molar-refractivity contribution in [2.45, 2.75) is 328 Å². The highest BCUT2D eigenvalue weighted by atomic mass is 16.5. The molecule has 0 aromatic carbocycles. The van der Waals surface area contributed by atoms with Gasteiger partial charge in [-0.3, -0.25) is 9.59 Å². The maximum atomic E-state index is 12.5. The second kappa shape index (κ2) is 53.2. The van der Waals surface area contributed by atoms with E-state index in [1.54, 1.807) is 0 Å². The Balaban J connectivity index is 3.39. The van der Waals surface area contributed by atoms with Gasteiger partial charge in [-0.05, 0) is 51.4 Å². The molecule has 0 aromatic rings. The van der Waals surface area contributed by atoms with Crippen molar-refractivity contribution < 1.29 is 24.5 Å². The van der Waals surface area contributed by atoms with Crippen molar-refractivity contribution in [3.63, 3.8) is 0 Å². The smallest absolute Gasteiger partial charge is 0.305 e. The van der Waals surface area contributed by atoms with Gasteiger partial charge < -0.3 is 20.3 Å². The lowest BCUT2D eigenvalue weighted by atomic mass is 10.0. The molecular weight excluding hydrogens is 779 g/mol. The van der Waals surface area contributed by atoms with Crippen LogP contribution >= 0.6 is 0 Å². The minimum atomic E-state index is -0.665. The number of rotatable bonds is 53. The number of ether oxygens (including phenoxy) is 1. The molecule has 0 fully saturated rings. The van der Waals surface area contributed by atoms with Crippen molar-refractivity contribution in [1.29, 1.82) is 0 Å². The van der Waals surface area contributed by atoms with Crippen LogP contribution in [0.4, 0.5) is 0 Å². The summed E-state index contributed by atoms with van der Waals surface area (Å²) >= 11 is 0. The van der Waals surface area contributed by atoms with Crippen LogP contribution in [0.2, 0.25) is 0 Å². The number of aliphatic hydroxyl groups excluding tert-OH is 2. The fourth-order valence-electron chi connectivity index (χ4n) is 8.93. The van der Waals surface area contributed by atoms with Gasteiger partial charge in [-0.25, -0.2) is 0 Å². The summed E-state index contributed by atoms with van der Waals surface area (Å²) in [6, 6.07) is -0.542. The quantitative estimate of drug-likeness (QED) is 0.0321. The minimum absolute atomic E-state index is 0.000212. The first-order chi connectivity index (χ1) is 31.0. The molecule has 1 amide bonds. The van der Waals surface area contributed by atoms with Gasteiger partial charge in [0.05, 0.1) is 25.4 Å². The topological polar surface area (TPSA) is 95.9 Å². The predicted octanol–water partition coefficient (Wildman–Crippen LogP) is 17.3. The van der Waals surface area contributed by atoms with E-state index in [2.05, 4.69) is 31.3 Å². The molecule has 0 saturated carbocycles. The first kappa shape index (κ1) is 61.6. The van der Waals surface area contributed by atoms with Crippen molar-refractivity contribution in [1.82, 2.24) is 5.32 Å². The van der Waals surface area contributed by atoms with E-state index in [-0.39, 0.29) is 18.5 Å². The van der Waals surface area contributed by atoms with Crippen molar-refractivity contribution >= 4 is 11.9 Å². The van der Waals surface area contributed by atoms with Gasteiger partial charge in [-0.2, -0.15) is 0 Å². The molecule has 0 aliphatic rings. The maximum Gasteiger partial charge on any atom is 0.305 e. The normalized spacial score (nSPS) is 12.6. The van der Waals surface area contributed by atoms with Gasteiger partial charge in [0.2, 0.25) is 5.91 Å². The third kappa shape index (κ3) is 49.9. The average Bonchev–Trinajstić information content (AvgIpc) is 3.28. The summed E-state index contributed by atoms with van der Waals surface area (Å²) in [5.74, 6) is -0.0363. The lowest BCUT2D eigenvalue weighted by Crippen LogP contribution is -2.45. The van der Waals surface area contributed by atoms with E-state index in [1.807, 2.05) is 0 Å². The molecule has 0 saturated heterocycles. The van der Waals surface area contributed by atoms with Crippen LogP contribution in [-0.4, -0.2) is 47.4 Å². The van der Waals surface area contributed by atoms with Crippen molar-refractivity contribution in [3.8, 4) is 0 Å². The predicted molar refractivity (Wildman–Crippen MR) is 273 cm³/mol. The number of nitrogens with one attached hydrogen (secondary N) is 1. The fraction of sp³-hybridized carbons (Fsp3) is 0.930. The third-order valence-corrected chi connectivity index (χ3v) is 13.3. The van der Waals surface area contributed by atoms with Crippen molar-refractivity contribution in [3.05, 3.63) is 12.2 Å². The number of carbonyl (C=O) groups excluding carboxylic acids is 2. The van der Waals surface area contributed by atoms with Crippen molar-refractivity contribution in [2.75, 3.05) is 13.2 Å². The van der Waals surface area contributed by atoms with Gasteiger partial charge in [-0.15, -0.1) is 0 Å². The SMILES string of the molecule is CCCCCC/C=C\CCCCCCCC(=O)OCCCCCCCCCCCCCCCCCCCCCC(=O)NC(CO)C(O)CCCCCCCCCCCCCCCC. The fourth-order valence-corrected chi connectivity index (χ4v) is 8.93. The van der Waals surface area contributed by atoms with Crippen LogP contribution in [0.3, 0.4) is 0 Å². The van der Waals surface area contributed by atoms with E-state index < -0.39 is 12.1 Å². The highest BCUT2D eigenvalue weighted by Gasteiger charge is 2.20. The van der Waals surface area contributed by atoms with E-state index in [0.29, 0.717) is 25.9 Å². The lowest BCUT2D eigenvalue weighted by Gasteiger charge is -2.22. The molecular formula is C57H111NO5. The molecule has 0 spiro atoms. The molecule has 0 aromatic heterocycles. The van der Waals surface area contributed by atoms with E-state index >= 15 is 0 Å². The van der Waals surface area contributed by atoms with Crippen LogP contribution in [0.25, 0.3) is 0 Å². The molecule has 6 heteroatoms. The lowest BCUT2D eigenvalue weighted by molar-refractivity contribution is -0.143. The van der Waals surface area contributed by atoms with Crippen LogP contribution in [-0.2, 0) is 14.3 Å². The summed E-state index contributed by atoms with van der Waals surface area (Å²) in [6.45, 7) is 4.94. The molecule has 0 aliphatic heterocycles. The molecule has 0 bridgehead atoms. The van der Waals surface area contributed by atoms with E-state index in [1.165, 1.54) is 238 Å². The Kier molecular flexibility index (Phi) is 52.0. The summed E-state index contributed by atoms with van der Waals surface area (Å²) < 4.78 is 5.47. The molecule has 2 atom stereocenters. The zero-order chi connectivity index (χ0) is 45.8. The Bertz CT molecular complexity index is 939. The van der Waals surface area contributed by atoms with Gasteiger partial charge in [0.25, 0.3) is 0 Å². The number of allylic oxidation sites excluding steroid dienone is 2. The van der Waals surface area contributed by atoms with Crippen LogP contribution in [0.5, 0.6) is 0 Å². The maximum absolute atomic E-state index is 12.5. The number of esters is 1. The number of aliphatic hydroxyl groups is 2. The number of hydrogen-bond donors (Lipinski definition) is 3. The second-order valence-corrected chi connectivity index (χ2v) is 19.6. The average molecular weight is 891 g/mol. The largest absolute Gasteiger partial charge is 0.466 e. The Morgan fingerprint density at radius 2 is 0.746 bits per heavy atom. The summed E-state index contributed by atoms with van der Waals surface area (Å²) in [6.07, 6.45) is 62.0. The molecule has 6 nitrogen and oxygen atoms in total. The standard InChI is InChI=1S/C57H111NO5/c1-3-5-7-9-11-13-15-17-26-29-33-37-41-45-49-55(60)54(53-59)58-56(61)50-46-42-38-34-30-27-23-21-19-18-20-22-24-28-32-36-40-44-48-52-63-57(62)51-47-43-39-35-31-25-16-14-12-10-8-6-4-2/h14,16,54-55,59-60H,3-13,15,17-53H2,1-2H3,(H,58,61)/b16-14-. The first-order valence-corrected chi connectivity index (χ1v) is 28.4. The van der Waals surface area contributed by atoms with Gasteiger partial charge >= 0.3 is 5.97 Å². The summed E-state index contributed by atoms with van der Waals surface area (Å²) in [5, 5.41) is 23.2. The molecule has 2 unspecified atom stereocenters. The van der Waals surface area contributed by atoms with Crippen LogP contribution in [0.1, 0.15) is 316 Å². The molecule has 63 heavy (non-hydrogen) atoms. The molecule has 0 heterocycles. The third-order valence-electron chi connectivity index (χ3n) is 13.3. The molecule has 0 radical (unpaired) electrons. The second-order valence-electron chi connectivity index (χ2n) is 19.6. The zero-order valence-corrected chi connectivity index (χ0v) is 42.6. The summed E-state index contributed by atoms with van der Waals surface area (Å²) in [5.41, 5.74) is 0. The minimum Gasteiger partial charge on any atom is -0.466 e. The van der Waals surface area contributed by atoms with E-state index in [4.69, 9.17) is 4.74 Å². The Labute approximate surface area is 393 Å². The molecule has 0 rings (SSSR count). The summed E-state index contributed by atoms with van der Waals surface area (Å²) in [7, 11) is 0. The molecule has 0 aliphatic carbocycles. The van der Waals surface area contributed by atoms with Gasteiger partial charge in [-0.1, -0.05) is 264 Å². The van der Waals surface area contributed by atoms with Crippen molar-refractivity contribution in [2.24, 2.45) is 0 Å². The highest BCUT2D eigenvalue weighted by molar-refractivity contribution is 5.76. The number of hydrogen-bond acceptors (Lipinski definition) is 5. The Hall–Kier alpha value is -1.40. The Morgan fingerprint density at radius 1 is 0.429 bits per heavy atom. The van der Waals surface area contributed by atoms with Gasteiger partial charge in [0.1, 0.15) is 0 Å². The molecule has 374 valence electrons. The van der Waals surface area contributed by atoms with Gasteiger partial charge in [0.15, 0.2) is 0 Å². The van der Waals surface area contributed by atoms with E-state index in [0.717, 1.165) is 44.9 Å². The summed E-state index contributed by atoms with van der Waals surface area (Å²) in [4.78, 5) is 24.5. The number of unbranched alkanes of at least 4 members (excludes halogenated alkanes) is 40. The van der Waals surface area contributed by atoms with Crippen LogP contribution < -0.4 is 5.32 Å². The highest BCUT2D eigenvalue weighted by Crippen LogP contribution is 2.17. The van der Waals surface area contributed by atoms with E-state index in [9.17, 15) is 19.8 Å². The first-order valence-electron chi connectivity index (χ1n) is 28.4. The van der Waals surface area contributed by atoms with Crippen LogP contribution in [0, 0.1) is 0 Å². The number of amides is 1. The molecule has 3 N–H and O–H groups in total. The Morgan fingerprint density at radius 3 is 1.14 bits per heavy atom. The van der Waals surface area contributed by atoms with Crippen LogP contribution in [0.15, 0.2) is 12.2 Å². The monoisotopic (exact) mass is 890 g/mol. The van der Waals surface area contributed by atoms with Gasteiger partial charge in [0, 0.05) is 12.8 Å².